The highest BCUT2D eigenvalue weighted by molar-refractivity contribution is 5.83. The Labute approximate surface area is 127 Å². The Morgan fingerprint density at radius 2 is 2.05 bits per heavy atom. The number of benzene rings is 1. The molecule has 0 saturated carbocycles. The minimum absolute atomic E-state index is 0.0459. The van der Waals surface area contributed by atoms with Gasteiger partial charge in [-0.25, -0.2) is 4.98 Å². The Kier molecular flexibility index (Phi) is 2.71. The molecule has 0 bridgehead atoms. The van der Waals surface area contributed by atoms with Gasteiger partial charge < -0.3 is 9.67 Å². The molecule has 1 aliphatic rings. The molecule has 0 fully saturated rings. The van der Waals surface area contributed by atoms with E-state index in [1.165, 1.54) is 0 Å². The Balaban J connectivity index is 2.04. The lowest BCUT2D eigenvalue weighted by atomic mass is 10.0. The molecule has 0 amide bonds. The van der Waals surface area contributed by atoms with E-state index in [0.717, 1.165) is 27.9 Å². The van der Waals surface area contributed by atoms with Gasteiger partial charge in [-0.1, -0.05) is 18.2 Å². The highest BCUT2D eigenvalue weighted by Crippen LogP contribution is 2.33. The molecule has 0 aliphatic carbocycles. The standard InChI is InChI=1S/C18H16N2O2/c1-10-14(11(2)21)8-16-17-13(9-20(16)18(10)22)7-12-5-3-4-6-15(12)19-17/h3-8,11,21H,9H2,1-2H3. The summed E-state index contributed by atoms with van der Waals surface area (Å²) in [7, 11) is 0. The second kappa shape index (κ2) is 4.52. The fraction of sp³-hybridized carbons (Fsp3) is 0.222. The number of aliphatic hydroxyl groups excluding tert-OH is 1. The molecule has 3 heterocycles. The molecule has 1 N–H and O–H groups in total. The van der Waals surface area contributed by atoms with Gasteiger partial charge in [0, 0.05) is 16.5 Å². The van der Waals surface area contributed by atoms with Crippen molar-refractivity contribution in [2.75, 3.05) is 0 Å². The summed E-state index contributed by atoms with van der Waals surface area (Å²) in [6.07, 6.45) is -0.664. The maximum atomic E-state index is 12.6. The van der Waals surface area contributed by atoms with Gasteiger partial charge in [0.25, 0.3) is 5.56 Å². The molecule has 1 aliphatic heterocycles. The molecule has 2 aromatic heterocycles. The molecule has 1 aromatic carbocycles. The van der Waals surface area contributed by atoms with E-state index in [2.05, 4.69) is 6.07 Å². The Hall–Kier alpha value is -2.46. The SMILES string of the molecule is Cc1c(C(C)O)cc2n(c1=O)Cc1cc3ccccc3nc1-2. The molecule has 22 heavy (non-hydrogen) atoms. The van der Waals surface area contributed by atoms with Gasteiger partial charge in [0.1, 0.15) is 0 Å². The summed E-state index contributed by atoms with van der Waals surface area (Å²) < 4.78 is 1.75. The van der Waals surface area contributed by atoms with Crippen molar-refractivity contribution in [1.82, 2.24) is 9.55 Å². The average Bonchev–Trinajstić information content (AvgIpc) is 2.86. The summed E-state index contributed by atoms with van der Waals surface area (Å²) in [6, 6.07) is 11.9. The number of hydrogen-bond acceptors (Lipinski definition) is 3. The zero-order valence-corrected chi connectivity index (χ0v) is 12.5. The number of fused-ring (bicyclic) bond motifs is 4. The number of aliphatic hydroxyl groups is 1. The Morgan fingerprint density at radius 3 is 2.82 bits per heavy atom. The van der Waals surface area contributed by atoms with Crippen molar-refractivity contribution < 1.29 is 5.11 Å². The van der Waals surface area contributed by atoms with Crippen LogP contribution >= 0.6 is 0 Å². The van der Waals surface area contributed by atoms with E-state index in [0.29, 0.717) is 17.7 Å². The van der Waals surface area contributed by atoms with E-state index in [1.807, 2.05) is 30.3 Å². The van der Waals surface area contributed by atoms with Crippen LogP contribution in [-0.2, 0) is 6.54 Å². The Bertz CT molecular complexity index is 971. The van der Waals surface area contributed by atoms with Gasteiger partial charge in [-0.2, -0.15) is 0 Å². The molecule has 3 aromatic rings. The molecule has 1 unspecified atom stereocenters. The van der Waals surface area contributed by atoms with Crippen molar-refractivity contribution in [3.63, 3.8) is 0 Å². The van der Waals surface area contributed by atoms with E-state index in [4.69, 9.17) is 4.98 Å². The van der Waals surface area contributed by atoms with Crippen LogP contribution in [0.5, 0.6) is 0 Å². The molecule has 4 heteroatoms. The quantitative estimate of drug-likeness (QED) is 0.587. The number of pyridine rings is 2. The third kappa shape index (κ3) is 1.74. The minimum atomic E-state index is -0.664. The molecule has 0 radical (unpaired) electrons. The van der Waals surface area contributed by atoms with Crippen LogP contribution in [0.1, 0.15) is 29.7 Å². The lowest BCUT2D eigenvalue weighted by Gasteiger charge is -2.12. The zero-order chi connectivity index (χ0) is 15.4. The fourth-order valence-corrected chi connectivity index (χ4v) is 3.23. The average molecular weight is 292 g/mol. The van der Waals surface area contributed by atoms with Gasteiger partial charge >= 0.3 is 0 Å². The highest BCUT2D eigenvalue weighted by Gasteiger charge is 2.24. The van der Waals surface area contributed by atoms with Gasteiger partial charge in [-0.3, -0.25) is 4.79 Å². The van der Waals surface area contributed by atoms with E-state index >= 15 is 0 Å². The van der Waals surface area contributed by atoms with Crippen LogP contribution in [0.2, 0.25) is 0 Å². The van der Waals surface area contributed by atoms with Crippen LogP contribution in [0.4, 0.5) is 0 Å². The predicted octanol–water partition coefficient (Wildman–Crippen LogP) is 2.79. The van der Waals surface area contributed by atoms with Crippen molar-refractivity contribution in [3.05, 3.63) is 63.4 Å². The first-order valence-electron chi connectivity index (χ1n) is 7.37. The normalized spacial score (nSPS) is 14.0. The van der Waals surface area contributed by atoms with Crippen molar-refractivity contribution in [3.8, 4) is 11.4 Å². The van der Waals surface area contributed by atoms with Gasteiger partial charge in [0.05, 0.1) is 29.6 Å². The number of hydrogen-bond donors (Lipinski definition) is 1. The number of rotatable bonds is 1. The summed E-state index contributed by atoms with van der Waals surface area (Å²) in [5.74, 6) is 0. The van der Waals surface area contributed by atoms with E-state index < -0.39 is 6.10 Å². The minimum Gasteiger partial charge on any atom is -0.389 e. The van der Waals surface area contributed by atoms with Crippen LogP contribution in [0.3, 0.4) is 0 Å². The van der Waals surface area contributed by atoms with E-state index in [-0.39, 0.29) is 5.56 Å². The lowest BCUT2D eigenvalue weighted by Crippen LogP contribution is -2.23. The third-order valence-corrected chi connectivity index (χ3v) is 4.41. The largest absolute Gasteiger partial charge is 0.389 e. The predicted molar refractivity (Wildman–Crippen MR) is 85.9 cm³/mol. The van der Waals surface area contributed by atoms with Gasteiger partial charge in [0.2, 0.25) is 0 Å². The number of aromatic nitrogens is 2. The van der Waals surface area contributed by atoms with Crippen LogP contribution in [0, 0.1) is 6.92 Å². The summed E-state index contributed by atoms with van der Waals surface area (Å²) in [5, 5.41) is 11.0. The molecule has 1 atom stereocenters. The fourth-order valence-electron chi connectivity index (χ4n) is 3.23. The number of para-hydroxylation sites is 1. The van der Waals surface area contributed by atoms with Crippen molar-refractivity contribution in [2.45, 2.75) is 26.5 Å². The van der Waals surface area contributed by atoms with Crippen LogP contribution in [-0.4, -0.2) is 14.7 Å². The lowest BCUT2D eigenvalue weighted by molar-refractivity contribution is 0.198. The van der Waals surface area contributed by atoms with Gasteiger partial charge in [-0.15, -0.1) is 0 Å². The molecule has 0 spiro atoms. The molecular formula is C18H16N2O2. The van der Waals surface area contributed by atoms with Crippen molar-refractivity contribution >= 4 is 10.9 Å². The van der Waals surface area contributed by atoms with E-state index in [9.17, 15) is 9.90 Å². The summed E-state index contributed by atoms with van der Waals surface area (Å²) in [6.45, 7) is 4.00. The second-order valence-electron chi connectivity index (χ2n) is 5.87. The first-order valence-corrected chi connectivity index (χ1v) is 7.37. The molecule has 4 rings (SSSR count). The van der Waals surface area contributed by atoms with Crippen molar-refractivity contribution in [2.24, 2.45) is 0 Å². The molecular weight excluding hydrogens is 276 g/mol. The topological polar surface area (TPSA) is 55.1 Å². The molecule has 0 saturated heterocycles. The smallest absolute Gasteiger partial charge is 0.254 e. The number of nitrogens with zero attached hydrogens (tertiary/aromatic N) is 2. The summed E-state index contributed by atoms with van der Waals surface area (Å²) in [4.78, 5) is 17.3. The molecule has 4 nitrogen and oxygen atoms in total. The molecule has 110 valence electrons. The Morgan fingerprint density at radius 1 is 1.27 bits per heavy atom. The zero-order valence-electron chi connectivity index (χ0n) is 12.5. The monoisotopic (exact) mass is 292 g/mol. The third-order valence-electron chi connectivity index (χ3n) is 4.41. The van der Waals surface area contributed by atoms with Gasteiger partial charge in [-0.05, 0) is 37.6 Å². The first-order chi connectivity index (χ1) is 10.6. The van der Waals surface area contributed by atoms with Crippen LogP contribution in [0.25, 0.3) is 22.3 Å². The first kappa shape index (κ1) is 13.2. The summed E-state index contributed by atoms with van der Waals surface area (Å²) >= 11 is 0. The van der Waals surface area contributed by atoms with E-state index in [1.54, 1.807) is 18.4 Å². The van der Waals surface area contributed by atoms with Crippen molar-refractivity contribution in [1.29, 1.82) is 0 Å². The van der Waals surface area contributed by atoms with Crippen LogP contribution < -0.4 is 5.56 Å². The second-order valence-corrected chi connectivity index (χ2v) is 5.87. The highest BCUT2D eigenvalue weighted by atomic mass is 16.3. The van der Waals surface area contributed by atoms with Gasteiger partial charge in [0.15, 0.2) is 0 Å². The maximum Gasteiger partial charge on any atom is 0.254 e. The maximum absolute atomic E-state index is 12.6. The van der Waals surface area contributed by atoms with Crippen LogP contribution in [0.15, 0.2) is 41.2 Å². The summed E-state index contributed by atoms with van der Waals surface area (Å²) in [5.41, 5.74) is 4.86.